The molecule has 3 aromatic rings. The van der Waals surface area contributed by atoms with Crippen molar-refractivity contribution in [3.05, 3.63) is 48.4 Å². The van der Waals surface area contributed by atoms with Gasteiger partial charge < -0.3 is 9.47 Å². The van der Waals surface area contributed by atoms with E-state index in [1.807, 2.05) is 39.9 Å². The molecule has 0 aliphatic carbocycles. The van der Waals surface area contributed by atoms with Crippen LogP contribution in [0, 0.1) is 17.2 Å². The Morgan fingerprint density at radius 3 is 3.00 bits per heavy atom. The highest BCUT2D eigenvalue weighted by molar-refractivity contribution is 7.97. The van der Waals surface area contributed by atoms with Gasteiger partial charge in [-0.05, 0) is 61.4 Å². The number of fused-ring (bicyclic) bond motifs is 1. The van der Waals surface area contributed by atoms with Crippen LogP contribution < -0.4 is 4.72 Å². The normalized spacial score (nSPS) is 15.9. The molecule has 4 rings (SSSR count). The third kappa shape index (κ3) is 4.53. The molecule has 1 amide bonds. The van der Waals surface area contributed by atoms with Crippen molar-refractivity contribution in [3.8, 4) is 6.07 Å². The lowest BCUT2D eigenvalue weighted by atomic mass is 9.98. The van der Waals surface area contributed by atoms with E-state index in [1.165, 1.54) is 11.9 Å². The van der Waals surface area contributed by atoms with Crippen LogP contribution in [0.15, 0.2) is 47.6 Å². The minimum absolute atomic E-state index is 0.138. The molecule has 1 saturated heterocycles. The molecule has 3 heterocycles. The molecule has 1 aliphatic heterocycles. The third-order valence-electron chi connectivity index (χ3n) is 5.75. The van der Waals surface area contributed by atoms with Gasteiger partial charge in [-0.1, -0.05) is 13.0 Å². The van der Waals surface area contributed by atoms with Gasteiger partial charge in [-0.15, -0.1) is 0 Å². The van der Waals surface area contributed by atoms with Gasteiger partial charge in [-0.25, -0.2) is 4.72 Å². The van der Waals surface area contributed by atoms with E-state index in [-0.39, 0.29) is 11.9 Å². The van der Waals surface area contributed by atoms with Gasteiger partial charge in [-0.3, -0.25) is 9.89 Å². The molecule has 0 spiro atoms. The number of aromatic nitrogens is 3. The number of benzene rings is 1. The monoisotopic (exact) mass is 422 g/mol. The summed E-state index contributed by atoms with van der Waals surface area (Å²) in [6.45, 7) is 4.48. The summed E-state index contributed by atoms with van der Waals surface area (Å²) < 4.78 is 5.32. The number of rotatable bonds is 7. The molecule has 8 heteroatoms. The van der Waals surface area contributed by atoms with Crippen LogP contribution >= 0.6 is 11.9 Å². The van der Waals surface area contributed by atoms with E-state index in [9.17, 15) is 10.1 Å². The van der Waals surface area contributed by atoms with Crippen LogP contribution in [0.4, 0.5) is 0 Å². The Hall–Kier alpha value is -2.76. The number of hydrogen-bond donors (Lipinski definition) is 2. The highest BCUT2D eigenvalue weighted by Crippen LogP contribution is 2.26. The first-order valence-corrected chi connectivity index (χ1v) is 11.2. The van der Waals surface area contributed by atoms with Crippen LogP contribution in [0.3, 0.4) is 0 Å². The second-order valence-corrected chi connectivity index (χ2v) is 8.73. The van der Waals surface area contributed by atoms with Crippen LogP contribution in [0.5, 0.6) is 0 Å². The minimum atomic E-state index is -0.334. The summed E-state index contributed by atoms with van der Waals surface area (Å²) in [6, 6.07) is 11.5. The number of nitrogens with one attached hydrogen (secondary N) is 2. The maximum Gasteiger partial charge on any atom is 0.240 e. The first-order valence-electron chi connectivity index (χ1n) is 10.3. The summed E-state index contributed by atoms with van der Waals surface area (Å²) in [5, 5.41) is 17.4. The molecule has 0 radical (unpaired) electrons. The number of amides is 1. The largest absolute Gasteiger partial charge is 0.341 e. The predicted octanol–water partition coefficient (Wildman–Crippen LogP) is 3.55. The smallest absolute Gasteiger partial charge is 0.240 e. The van der Waals surface area contributed by atoms with Crippen molar-refractivity contribution in [3.63, 3.8) is 0 Å². The zero-order valence-corrected chi connectivity index (χ0v) is 17.9. The molecule has 0 saturated carbocycles. The molecule has 2 N–H and O–H groups in total. The zero-order chi connectivity index (χ0) is 20.9. The van der Waals surface area contributed by atoms with Crippen molar-refractivity contribution < 1.29 is 4.79 Å². The van der Waals surface area contributed by atoms with Crippen molar-refractivity contribution in [1.29, 1.82) is 5.26 Å². The highest BCUT2D eigenvalue weighted by Gasteiger charge is 2.27. The average Bonchev–Trinajstić information content (AvgIpc) is 3.43. The first kappa shape index (κ1) is 20.5. The summed E-state index contributed by atoms with van der Waals surface area (Å²) in [4.78, 5) is 16.3. The molecule has 1 atom stereocenters. The van der Waals surface area contributed by atoms with Crippen molar-refractivity contribution in [1.82, 2.24) is 24.4 Å². The number of likely N-dealkylation sites (tertiary alicyclic amines) is 1. The van der Waals surface area contributed by atoms with E-state index in [2.05, 4.69) is 27.9 Å². The van der Waals surface area contributed by atoms with Gasteiger partial charge in [0.15, 0.2) is 0 Å². The fourth-order valence-electron chi connectivity index (χ4n) is 3.83. The van der Waals surface area contributed by atoms with Gasteiger partial charge in [0.1, 0.15) is 11.8 Å². The quantitative estimate of drug-likeness (QED) is 0.569. The summed E-state index contributed by atoms with van der Waals surface area (Å²) in [7, 11) is 0. The number of carbonyl (C=O) groups excluding carboxylic acids is 1. The second kappa shape index (κ2) is 9.37. The van der Waals surface area contributed by atoms with Gasteiger partial charge >= 0.3 is 0 Å². The van der Waals surface area contributed by atoms with Gasteiger partial charge in [0.2, 0.25) is 5.91 Å². The summed E-state index contributed by atoms with van der Waals surface area (Å²) >= 11 is 1.47. The summed E-state index contributed by atoms with van der Waals surface area (Å²) in [5.74, 6) is 0.811. The fraction of sp³-hybridized carbons (Fsp3) is 0.409. The molecule has 0 bridgehead atoms. The average molecular weight is 423 g/mol. The molecule has 1 aromatic carbocycles. The second-order valence-electron chi connectivity index (χ2n) is 7.85. The molecule has 156 valence electrons. The Bertz CT molecular complexity index is 1040. The molecule has 1 fully saturated rings. The van der Waals surface area contributed by atoms with Crippen molar-refractivity contribution in [2.45, 2.75) is 43.7 Å². The van der Waals surface area contributed by atoms with Gasteiger partial charge in [0.05, 0.1) is 17.8 Å². The number of H-pyrrole nitrogens is 1. The Morgan fingerprint density at radius 2 is 2.20 bits per heavy atom. The molecule has 7 nitrogen and oxygen atoms in total. The highest BCUT2D eigenvalue weighted by atomic mass is 32.2. The van der Waals surface area contributed by atoms with Crippen LogP contribution in [-0.4, -0.2) is 44.7 Å². The number of hydrogen-bond acceptors (Lipinski definition) is 5. The molecular weight excluding hydrogens is 396 g/mol. The summed E-state index contributed by atoms with van der Waals surface area (Å²) in [5.41, 5.74) is 1.59. The molecule has 1 unspecified atom stereocenters. The van der Waals surface area contributed by atoms with Crippen molar-refractivity contribution in [2.75, 3.05) is 13.1 Å². The number of nitrogens with zero attached hydrogens (tertiary/aromatic N) is 4. The van der Waals surface area contributed by atoms with Crippen LogP contribution in [0.1, 0.15) is 31.9 Å². The van der Waals surface area contributed by atoms with E-state index >= 15 is 0 Å². The van der Waals surface area contributed by atoms with Gasteiger partial charge in [-0.2, -0.15) is 10.4 Å². The first-order chi connectivity index (χ1) is 14.7. The maximum atomic E-state index is 13.3. The van der Waals surface area contributed by atoms with Crippen LogP contribution in [-0.2, 0) is 11.3 Å². The van der Waals surface area contributed by atoms with Crippen molar-refractivity contribution in [2.24, 2.45) is 5.92 Å². The molecule has 2 aromatic heterocycles. The number of aromatic amines is 1. The molecule has 1 aliphatic rings. The number of carbonyl (C=O) groups is 1. The summed E-state index contributed by atoms with van der Waals surface area (Å²) in [6.07, 6.45) is 6.41. The van der Waals surface area contributed by atoms with Crippen molar-refractivity contribution >= 4 is 28.8 Å². The van der Waals surface area contributed by atoms with Gasteiger partial charge in [0.25, 0.3) is 0 Å². The Labute approximate surface area is 180 Å². The number of nitriles is 1. The Kier molecular flexibility index (Phi) is 6.41. The lowest BCUT2D eigenvalue weighted by molar-refractivity contribution is -0.134. The predicted molar refractivity (Wildman–Crippen MR) is 118 cm³/mol. The van der Waals surface area contributed by atoms with E-state index in [4.69, 9.17) is 0 Å². The van der Waals surface area contributed by atoms with Crippen LogP contribution in [0.2, 0.25) is 0 Å². The fourth-order valence-corrected chi connectivity index (χ4v) is 4.73. The van der Waals surface area contributed by atoms with Gasteiger partial charge in [0, 0.05) is 36.1 Å². The Balaban J connectivity index is 1.48. The standard InChI is InChI=1S/C22H26N6OS/c1-16-7-11-28(12-8-16)22(29)20(9-13-27-10-3-4-17(27)14-23)26-30-21-6-2-5-19-18(21)15-24-25-19/h2-6,10,15-16,20,26H,7-9,11-13H2,1H3,(H,24,25). The lowest BCUT2D eigenvalue weighted by Gasteiger charge is -2.33. The Morgan fingerprint density at radius 1 is 1.37 bits per heavy atom. The van der Waals surface area contributed by atoms with E-state index in [1.54, 1.807) is 12.3 Å². The molecule has 30 heavy (non-hydrogen) atoms. The SMILES string of the molecule is CC1CCN(C(=O)C(CCn2cccc2C#N)NSc2cccc3[nH]ncc23)CC1. The molecular formula is C22H26N6OS. The topological polar surface area (TPSA) is 89.7 Å². The van der Waals surface area contributed by atoms with E-state index in [0.29, 0.717) is 24.6 Å². The number of aryl methyl sites for hydroxylation is 1. The maximum absolute atomic E-state index is 13.3. The van der Waals surface area contributed by atoms with Crippen LogP contribution in [0.25, 0.3) is 10.9 Å². The zero-order valence-electron chi connectivity index (χ0n) is 17.0. The number of piperidine rings is 1. The van der Waals surface area contributed by atoms with E-state index < -0.39 is 0 Å². The van der Waals surface area contributed by atoms with E-state index in [0.717, 1.165) is 41.7 Å². The third-order valence-corrected chi connectivity index (χ3v) is 6.73. The lowest BCUT2D eigenvalue weighted by Crippen LogP contribution is -2.47. The minimum Gasteiger partial charge on any atom is -0.341 e.